The Bertz CT molecular complexity index is 639. The molecule has 3 nitrogen and oxygen atoms in total. The van der Waals surface area contributed by atoms with Crippen LogP contribution in [0.4, 0.5) is 5.69 Å². The van der Waals surface area contributed by atoms with Gasteiger partial charge in [0.2, 0.25) is 0 Å². The Balaban J connectivity index is 2.11. The number of hydrogen-bond acceptors (Lipinski definition) is 3. The zero-order chi connectivity index (χ0) is 14.9. The van der Waals surface area contributed by atoms with Crippen molar-refractivity contribution in [1.82, 2.24) is 5.32 Å². The first-order valence-corrected chi connectivity index (χ1v) is 7.41. The van der Waals surface area contributed by atoms with Gasteiger partial charge in [0, 0.05) is 21.0 Å². The molecular formula is C16H20N2OS. The third-order valence-electron chi connectivity index (χ3n) is 3.50. The van der Waals surface area contributed by atoms with Crippen molar-refractivity contribution >= 4 is 22.9 Å². The molecule has 2 rings (SSSR count). The molecule has 0 spiro atoms. The van der Waals surface area contributed by atoms with Crippen LogP contribution in [0.1, 0.15) is 36.8 Å². The molecule has 1 aromatic heterocycles. The van der Waals surface area contributed by atoms with Gasteiger partial charge in [-0.15, -0.1) is 11.3 Å². The number of hydrogen-bond donors (Lipinski definition) is 2. The molecule has 1 aromatic carbocycles. The van der Waals surface area contributed by atoms with E-state index in [-0.39, 0.29) is 5.91 Å². The van der Waals surface area contributed by atoms with E-state index in [1.807, 2.05) is 19.9 Å². The fraction of sp³-hybridized carbons (Fsp3) is 0.312. The molecule has 0 radical (unpaired) electrons. The number of thiophene rings is 1. The maximum Gasteiger partial charge on any atom is 0.251 e. The summed E-state index contributed by atoms with van der Waals surface area (Å²) in [4.78, 5) is 14.7. The van der Waals surface area contributed by atoms with Crippen molar-refractivity contribution in [2.24, 2.45) is 0 Å². The molecule has 0 bridgehead atoms. The van der Waals surface area contributed by atoms with Gasteiger partial charge in [0.1, 0.15) is 0 Å². The fourth-order valence-electron chi connectivity index (χ4n) is 2.11. The summed E-state index contributed by atoms with van der Waals surface area (Å²) in [6.45, 7) is 8.62. The van der Waals surface area contributed by atoms with Gasteiger partial charge >= 0.3 is 0 Å². The fourth-order valence-corrected chi connectivity index (χ4v) is 3.11. The summed E-state index contributed by atoms with van der Waals surface area (Å²) in [5, 5.41) is 2.96. The molecule has 0 aliphatic carbocycles. The van der Waals surface area contributed by atoms with Crippen LogP contribution in [0.25, 0.3) is 0 Å². The SMILES string of the molecule is Cc1cc(C)c(C(=O)NCc2cc(C)c(C)s2)cc1N. The molecule has 0 aliphatic heterocycles. The monoisotopic (exact) mass is 288 g/mol. The Morgan fingerprint density at radius 3 is 2.40 bits per heavy atom. The molecule has 20 heavy (non-hydrogen) atoms. The van der Waals surface area contributed by atoms with E-state index in [1.165, 1.54) is 15.3 Å². The molecule has 0 fully saturated rings. The maximum absolute atomic E-state index is 12.2. The number of carbonyl (C=O) groups is 1. The summed E-state index contributed by atoms with van der Waals surface area (Å²) in [5.41, 5.74) is 10.4. The number of amides is 1. The number of rotatable bonds is 3. The van der Waals surface area contributed by atoms with Crippen LogP contribution in [0, 0.1) is 27.7 Å². The Kier molecular flexibility index (Phi) is 4.14. The average Bonchev–Trinajstić information content (AvgIpc) is 2.70. The second kappa shape index (κ2) is 5.67. The van der Waals surface area contributed by atoms with Gasteiger partial charge in [-0.25, -0.2) is 0 Å². The summed E-state index contributed by atoms with van der Waals surface area (Å²) in [6, 6.07) is 5.82. The van der Waals surface area contributed by atoms with Crippen molar-refractivity contribution in [3.8, 4) is 0 Å². The van der Waals surface area contributed by atoms with Crippen molar-refractivity contribution < 1.29 is 4.79 Å². The lowest BCUT2D eigenvalue weighted by Crippen LogP contribution is -2.23. The van der Waals surface area contributed by atoms with Crippen LogP contribution in [-0.4, -0.2) is 5.91 Å². The van der Waals surface area contributed by atoms with Crippen LogP contribution < -0.4 is 11.1 Å². The van der Waals surface area contributed by atoms with Crippen LogP contribution >= 0.6 is 11.3 Å². The number of carbonyl (C=O) groups excluding carboxylic acids is 1. The first-order valence-electron chi connectivity index (χ1n) is 6.59. The molecule has 2 aromatic rings. The summed E-state index contributed by atoms with van der Waals surface area (Å²) >= 11 is 1.72. The quantitative estimate of drug-likeness (QED) is 0.849. The predicted molar refractivity (Wildman–Crippen MR) is 85.3 cm³/mol. The molecule has 0 atom stereocenters. The predicted octanol–water partition coefficient (Wildman–Crippen LogP) is 3.49. The van der Waals surface area contributed by atoms with Crippen LogP contribution in [-0.2, 0) is 6.54 Å². The second-order valence-electron chi connectivity index (χ2n) is 5.16. The normalized spacial score (nSPS) is 10.6. The Hall–Kier alpha value is -1.81. The summed E-state index contributed by atoms with van der Waals surface area (Å²) < 4.78 is 0. The minimum absolute atomic E-state index is 0.0714. The van der Waals surface area contributed by atoms with Gasteiger partial charge in [0.05, 0.1) is 6.54 Å². The molecule has 3 N–H and O–H groups in total. The van der Waals surface area contributed by atoms with E-state index < -0.39 is 0 Å². The largest absolute Gasteiger partial charge is 0.398 e. The summed E-state index contributed by atoms with van der Waals surface area (Å²) in [5.74, 6) is -0.0714. The lowest BCUT2D eigenvalue weighted by atomic mass is 10.0. The van der Waals surface area contributed by atoms with E-state index in [0.717, 1.165) is 11.1 Å². The third-order valence-corrected chi connectivity index (χ3v) is 4.65. The van der Waals surface area contributed by atoms with E-state index in [4.69, 9.17) is 5.73 Å². The molecule has 1 heterocycles. The van der Waals surface area contributed by atoms with Crippen molar-refractivity contribution in [2.45, 2.75) is 34.2 Å². The van der Waals surface area contributed by atoms with Crippen LogP contribution in [0.15, 0.2) is 18.2 Å². The van der Waals surface area contributed by atoms with E-state index in [9.17, 15) is 4.79 Å². The number of nitrogens with one attached hydrogen (secondary N) is 1. The molecule has 0 aliphatic rings. The molecular weight excluding hydrogens is 268 g/mol. The van der Waals surface area contributed by atoms with E-state index in [0.29, 0.717) is 17.8 Å². The van der Waals surface area contributed by atoms with E-state index in [1.54, 1.807) is 17.4 Å². The lowest BCUT2D eigenvalue weighted by Gasteiger charge is -2.09. The van der Waals surface area contributed by atoms with Crippen LogP contribution in [0.5, 0.6) is 0 Å². The van der Waals surface area contributed by atoms with Gasteiger partial charge in [-0.2, -0.15) is 0 Å². The second-order valence-corrected chi connectivity index (χ2v) is 6.50. The number of aryl methyl sites for hydroxylation is 4. The van der Waals surface area contributed by atoms with E-state index in [2.05, 4.69) is 25.2 Å². The number of nitrogens with two attached hydrogens (primary N) is 1. The molecule has 1 amide bonds. The lowest BCUT2D eigenvalue weighted by molar-refractivity contribution is 0.0950. The third kappa shape index (κ3) is 3.02. The maximum atomic E-state index is 12.2. The minimum Gasteiger partial charge on any atom is -0.398 e. The average molecular weight is 288 g/mol. The number of nitrogen functional groups attached to an aromatic ring is 1. The summed E-state index contributed by atoms with van der Waals surface area (Å²) in [7, 11) is 0. The highest BCUT2D eigenvalue weighted by molar-refractivity contribution is 7.12. The highest BCUT2D eigenvalue weighted by Gasteiger charge is 2.11. The Morgan fingerprint density at radius 1 is 1.10 bits per heavy atom. The molecule has 0 saturated heterocycles. The van der Waals surface area contributed by atoms with Gasteiger partial charge in [0.15, 0.2) is 0 Å². The zero-order valence-electron chi connectivity index (χ0n) is 12.3. The topological polar surface area (TPSA) is 55.1 Å². The van der Waals surface area contributed by atoms with Crippen LogP contribution in [0.3, 0.4) is 0 Å². The zero-order valence-corrected chi connectivity index (χ0v) is 13.1. The van der Waals surface area contributed by atoms with Gasteiger partial charge in [-0.05, 0) is 56.5 Å². The standard InChI is InChI=1S/C16H20N2OS/c1-9-6-13(20-12(9)4)8-18-16(19)14-7-15(17)11(3)5-10(14)2/h5-7H,8,17H2,1-4H3,(H,18,19). The molecule has 0 unspecified atom stereocenters. The van der Waals surface area contributed by atoms with Gasteiger partial charge in [-0.3, -0.25) is 4.79 Å². The summed E-state index contributed by atoms with van der Waals surface area (Å²) in [6.07, 6.45) is 0. The highest BCUT2D eigenvalue weighted by atomic mass is 32.1. The van der Waals surface area contributed by atoms with Crippen molar-refractivity contribution in [3.63, 3.8) is 0 Å². The van der Waals surface area contributed by atoms with Gasteiger partial charge < -0.3 is 11.1 Å². The van der Waals surface area contributed by atoms with Gasteiger partial charge in [-0.1, -0.05) is 6.07 Å². The molecule has 106 valence electrons. The first-order chi connectivity index (χ1) is 9.38. The van der Waals surface area contributed by atoms with Crippen molar-refractivity contribution in [1.29, 1.82) is 0 Å². The van der Waals surface area contributed by atoms with Crippen molar-refractivity contribution in [3.05, 3.63) is 50.2 Å². The Morgan fingerprint density at radius 2 is 1.80 bits per heavy atom. The minimum atomic E-state index is -0.0714. The number of benzene rings is 1. The Labute approximate surface area is 123 Å². The molecule has 4 heteroatoms. The first kappa shape index (κ1) is 14.6. The van der Waals surface area contributed by atoms with E-state index >= 15 is 0 Å². The highest BCUT2D eigenvalue weighted by Crippen LogP contribution is 2.21. The van der Waals surface area contributed by atoms with Crippen molar-refractivity contribution in [2.75, 3.05) is 5.73 Å². The number of anilines is 1. The van der Waals surface area contributed by atoms with Crippen LogP contribution in [0.2, 0.25) is 0 Å². The smallest absolute Gasteiger partial charge is 0.251 e. The van der Waals surface area contributed by atoms with Gasteiger partial charge in [0.25, 0.3) is 5.91 Å². The molecule has 0 saturated carbocycles.